The van der Waals surface area contributed by atoms with Crippen molar-refractivity contribution in [1.82, 2.24) is 15.2 Å². The summed E-state index contributed by atoms with van der Waals surface area (Å²) >= 11 is 0. The van der Waals surface area contributed by atoms with Gasteiger partial charge in [-0.1, -0.05) is 91.7 Å². The first-order valence-electron chi connectivity index (χ1n) is 18.9. The van der Waals surface area contributed by atoms with Crippen molar-refractivity contribution in [3.63, 3.8) is 0 Å². The second-order valence-electron chi connectivity index (χ2n) is 14.0. The van der Waals surface area contributed by atoms with E-state index >= 15 is 0 Å². The van der Waals surface area contributed by atoms with Crippen LogP contribution in [0.15, 0.2) is 114 Å². The van der Waals surface area contributed by atoms with Gasteiger partial charge in [0.15, 0.2) is 0 Å². The molecule has 0 bridgehead atoms. The number of piperidine rings is 1. The summed E-state index contributed by atoms with van der Waals surface area (Å²) in [7, 11) is 0. The van der Waals surface area contributed by atoms with Crippen LogP contribution in [0.5, 0.6) is 11.5 Å². The minimum absolute atomic E-state index is 0.0803. The van der Waals surface area contributed by atoms with Gasteiger partial charge in [0.25, 0.3) is 0 Å². The van der Waals surface area contributed by atoms with E-state index in [1.807, 2.05) is 36.4 Å². The van der Waals surface area contributed by atoms with Crippen LogP contribution < -0.4 is 15.6 Å². The number of fused-ring (bicyclic) bond motifs is 1. The molecule has 1 saturated heterocycles. The summed E-state index contributed by atoms with van der Waals surface area (Å²) in [6, 6.07) is 33.4. The molecule has 1 aliphatic rings. The molecule has 1 fully saturated rings. The van der Waals surface area contributed by atoms with Crippen LogP contribution >= 0.6 is 0 Å². The van der Waals surface area contributed by atoms with Crippen LogP contribution in [0.1, 0.15) is 60.8 Å². The highest BCUT2D eigenvalue weighted by Gasteiger charge is 2.42. The molecule has 9 heteroatoms. The fourth-order valence-electron chi connectivity index (χ4n) is 7.10. The third-order valence-electron chi connectivity index (χ3n) is 10.2. The lowest BCUT2D eigenvalue weighted by Crippen LogP contribution is -2.40. The van der Waals surface area contributed by atoms with E-state index in [0.717, 1.165) is 88.6 Å². The number of nitrogens with one attached hydrogen (secondary N) is 2. The molecule has 9 nitrogen and oxygen atoms in total. The number of phenols is 1. The quantitative estimate of drug-likeness (QED) is 0.0584. The maximum absolute atomic E-state index is 13.8. The molecule has 2 heterocycles. The number of benzene rings is 4. The van der Waals surface area contributed by atoms with Crippen molar-refractivity contribution < 1.29 is 24.5 Å². The van der Waals surface area contributed by atoms with E-state index in [1.165, 1.54) is 11.6 Å². The number of aliphatic hydroxyl groups is 1. The number of hydrogen-bond donors (Lipinski definition) is 4. The molecule has 0 spiro atoms. The number of rotatable bonds is 18. The monoisotopic (exact) mass is 717 g/mol. The molecule has 5 aromatic rings. The van der Waals surface area contributed by atoms with E-state index in [1.54, 1.807) is 42.5 Å². The number of nitrogens with zero attached hydrogens (tertiary/aromatic N) is 1. The van der Waals surface area contributed by atoms with Gasteiger partial charge in [0, 0.05) is 23.6 Å². The minimum Gasteiger partial charge on any atom is -0.506 e. The number of carbonyl (C=O) groups excluding carboxylic acids is 1. The number of carbonyl (C=O) groups is 1. The second-order valence-corrected chi connectivity index (χ2v) is 14.0. The Morgan fingerprint density at radius 2 is 1.57 bits per heavy atom. The second kappa shape index (κ2) is 18.7. The van der Waals surface area contributed by atoms with E-state index in [4.69, 9.17) is 9.47 Å². The normalized spacial score (nSPS) is 14.9. The Hall–Kier alpha value is -4.96. The van der Waals surface area contributed by atoms with Gasteiger partial charge in [0.2, 0.25) is 11.2 Å². The number of esters is 1. The number of aromatic nitrogens is 1. The summed E-state index contributed by atoms with van der Waals surface area (Å²) in [5.41, 5.74) is 1.55. The van der Waals surface area contributed by atoms with Gasteiger partial charge in [-0.15, -0.1) is 0 Å². The van der Waals surface area contributed by atoms with Crippen LogP contribution in [-0.4, -0.2) is 65.5 Å². The van der Waals surface area contributed by atoms with Crippen molar-refractivity contribution in [3.05, 3.63) is 142 Å². The molecule has 1 aromatic heterocycles. The third-order valence-corrected chi connectivity index (χ3v) is 10.2. The Balaban J connectivity index is 0.929. The van der Waals surface area contributed by atoms with Gasteiger partial charge in [0.05, 0.1) is 18.7 Å². The van der Waals surface area contributed by atoms with Gasteiger partial charge in [-0.3, -0.25) is 9.69 Å². The number of ether oxygens (including phenoxy) is 2. The van der Waals surface area contributed by atoms with Crippen LogP contribution in [0.2, 0.25) is 0 Å². The summed E-state index contributed by atoms with van der Waals surface area (Å²) in [5.74, 6) is 0.255. The molecule has 278 valence electrons. The number of aromatic hydroxyl groups is 1. The molecule has 4 aromatic carbocycles. The van der Waals surface area contributed by atoms with E-state index in [9.17, 15) is 19.8 Å². The summed E-state index contributed by atoms with van der Waals surface area (Å²) in [5, 5.41) is 26.5. The molecule has 4 N–H and O–H groups in total. The van der Waals surface area contributed by atoms with Crippen molar-refractivity contribution in [1.29, 1.82) is 0 Å². The van der Waals surface area contributed by atoms with Gasteiger partial charge in [-0.05, 0) is 105 Å². The molecule has 6 rings (SSSR count). The molecule has 1 aliphatic heterocycles. The molecular weight excluding hydrogens is 666 g/mol. The molecular formula is C44H51N3O6. The Labute approximate surface area is 311 Å². The highest BCUT2D eigenvalue weighted by Crippen LogP contribution is 2.34. The lowest BCUT2D eigenvalue weighted by Gasteiger charge is -2.33. The van der Waals surface area contributed by atoms with Crippen LogP contribution in [0.25, 0.3) is 10.9 Å². The first-order chi connectivity index (χ1) is 25.9. The summed E-state index contributed by atoms with van der Waals surface area (Å²) in [6.07, 6.45) is 6.67. The van der Waals surface area contributed by atoms with Crippen molar-refractivity contribution >= 4 is 16.9 Å². The van der Waals surface area contributed by atoms with Crippen molar-refractivity contribution in [2.24, 2.45) is 5.92 Å². The van der Waals surface area contributed by atoms with Crippen LogP contribution in [0, 0.1) is 5.92 Å². The Morgan fingerprint density at radius 1 is 0.830 bits per heavy atom. The first-order valence-corrected chi connectivity index (χ1v) is 18.9. The molecule has 53 heavy (non-hydrogen) atoms. The third kappa shape index (κ3) is 10.1. The summed E-state index contributed by atoms with van der Waals surface area (Å²) in [4.78, 5) is 30.6. The van der Waals surface area contributed by atoms with Crippen molar-refractivity contribution in [2.75, 3.05) is 39.4 Å². The zero-order chi connectivity index (χ0) is 36.9. The summed E-state index contributed by atoms with van der Waals surface area (Å²) in [6.45, 7) is 5.32. The van der Waals surface area contributed by atoms with Crippen LogP contribution in [0.4, 0.5) is 0 Å². The first kappa shape index (κ1) is 37.8. The number of likely N-dealkylation sites (tertiary alicyclic amines) is 1. The standard InChI is InChI=1S/C44H51N3O6/c48-40-20-18-35(39-19-21-41(49)46-42(39)40)22-26-45-25-9-1-2-10-29-52-38-17-11-16-37(30-38)44(51,36-14-7-4-8-15-36)43(50)53-32-34-23-27-47(28-24-34)31-33-12-5-3-6-13-33/h3-8,11-21,30,34,45,48,51H,1-2,9-10,22-29,31-32H2,(H,46,49)/t44-/m0/s1. The minimum atomic E-state index is -1.96. The van der Waals surface area contributed by atoms with Crippen molar-refractivity contribution in [2.45, 2.75) is 57.1 Å². The van der Waals surface area contributed by atoms with Gasteiger partial charge >= 0.3 is 5.97 Å². The average molecular weight is 718 g/mol. The molecule has 0 aliphatic carbocycles. The number of hydrogen-bond acceptors (Lipinski definition) is 8. The molecule has 0 saturated carbocycles. The maximum atomic E-state index is 13.8. The topological polar surface area (TPSA) is 124 Å². The fourth-order valence-corrected chi connectivity index (χ4v) is 7.10. The lowest BCUT2D eigenvalue weighted by molar-refractivity contribution is -0.164. The largest absolute Gasteiger partial charge is 0.506 e. The number of phenolic OH excluding ortho intramolecular Hbond substituents is 1. The Kier molecular flexibility index (Phi) is 13.3. The Morgan fingerprint density at radius 3 is 2.36 bits per heavy atom. The molecule has 0 unspecified atom stereocenters. The van der Waals surface area contributed by atoms with E-state index < -0.39 is 11.6 Å². The van der Waals surface area contributed by atoms with E-state index in [-0.39, 0.29) is 23.8 Å². The van der Waals surface area contributed by atoms with Gasteiger partial charge in [-0.2, -0.15) is 0 Å². The van der Waals surface area contributed by atoms with Gasteiger partial charge < -0.3 is 30.0 Å². The highest BCUT2D eigenvalue weighted by atomic mass is 16.5. The van der Waals surface area contributed by atoms with E-state index in [2.05, 4.69) is 39.5 Å². The highest BCUT2D eigenvalue weighted by molar-refractivity contribution is 5.87. The summed E-state index contributed by atoms with van der Waals surface area (Å²) < 4.78 is 12.0. The molecule has 0 amide bonds. The van der Waals surface area contributed by atoms with Crippen LogP contribution in [0.3, 0.4) is 0 Å². The lowest BCUT2D eigenvalue weighted by atomic mass is 9.86. The zero-order valence-corrected chi connectivity index (χ0v) is 30.3. The zero-order valence-electron chi connectivity index (χ0n) is 30.3. The van der Waals surface area contributed by atoms with Gasteiger partial charge in [-0.25, -0.2) is 4.79 Å². The molecule has 0 radical (unpaired) electrons. The maximum Gasteiger partial charge on any atom is 0.347 e. The number of H-pyrrole nitrogens is 1. The smallest absolute Gasteiger partial charge is 0.347 e. The average Bonchev–Trinajstić information content (AvgIpc) is 3.19. The predicted octanol–water partition coefficient (Wildman–Crippen LogP) is 6.70. The predicted molar refractivity (Wildman–Crippen MR) is 208 cm³/mol. The van der Waals surface area contributed by atoms with Gasteiger partial charge in [0.1, 0.15) is 11.5 Å². The SMILES string of the molecule is O=C(OCC1CCN(Cc2ccccc2)CC1)[C@](O)(c1ccccc1)c1cccc(OCCCCCCNCCc2ccc(O)c3[nH]c(=O)ccc23)c1. The van der Waals surface area contributed by atoms with E-state index in [0.29, 0.717) is 29.0 Å². The number of unbranched alkanes of at least 4 members (excludes halogenated alkanes) is 3. The van der Waals surface area contributed by atoms with Crippen LogP contribution in [-0.2, 0) is 28.1 Å². The van der Waals surface area contributed by atoms with Crippen molar-refractivity contribution in [3.8, 4) is 11.5 Å². The fraction of sp³-hybridized carbons (Fsp3) is 0.364. The Bertz CT molecular complexity index is 1960. The number of pyridine rings is 1. The number of aromatic amines is 1. The molecule has 1 atom stereocenters.